The van der Waals surface area contributed by atoms with E-state index in [9.17, 15) is 14.4 Å². The van der Waals surface area contributed by atoms with Crippen molar-refractivity contribution < 1.29 is 14.4 Å². The molecular formula is C33H31Cl2N3O3. The maximum atomic E-state index is 14.3. The molecule has 0 radical (unpaired) electrons. The highest BCUT2D eigenvalue weighted by Gasteiger charge is 2.36. The fourth-order valence-electron chi connectivity index (χ4n) is 5.19. The summed E-state index contributed by atoms with van der Waals surface area (Å²) < 4.78 is 0. The summed E-state index contributed by atoms with van der Waals surface area (Å²) in [6, 6.07) is 25.0. The smallest absolute Gasteiger partial charge is 0.259 e. The van der Waals surface area contributed by atoms with Crippen LogP contribution in [0, 0.1) is 0 Å². The van der Waals surface area contributed by atoms with E-state index in [4.69, 9.17) is 23.2 Å². The Bertz CT molecular complexity index is 1600. The van der Waals surface area contributed by atoms with Crippen LogP contribution in [-0.2, 0) is 22.6 Å². The molecule has 4 aromatic carbocycles. The average molecular weight is 589 g/mol. The maximum absolute atomic E-state index is 14.3. The minimum Gasteiger partial charge on any atom is -0.352 e. The van der Waals surface area contributed by atoms with E-state index in [1.165, 1.54) is 9.80 Å². The SMILES string of the molecule is CC[C@@H](C)NC(=O)[C@H](Cc1ccccc1)N(Cc1ccc(Cl)cc1Cl)C(=O)CN1C(=O)c2cccc3cccc1c23. The highest BCUT2D eigenvalue weighted by molar-refractivity contribution is 6.35. The Morgan fingerprint density at radius 1 is 0.951 bits per heavy atom. The topological polar surface area (TPSA) is 69.7 Å². The van der Waals surface area contributed by atoms with Gasteiger partial charge in [0.1, 0.15) is 12.6 Å². The molecule has 4 aromatic rings. The average Bonchev–Trinajstić information content (AvgIpc) is 3.24. The summed E-state index contributed by atoms with van der Waals surface area (Å²) in [5, 5.41) is 5.69. The Hall–Kier alpha value is -3.87. The van der Waals surface area contributed by atoms with Crippen LogP contribution in [0.4, 0.5) is 5.69 Å². The fourth-order valence-corrected chi connectivity index (χ4v) is 5.66. The molecule has 1 heterocycles. The van der Waals surface area contributed by atoms with Crippen LogP contribution in [0.5, 0.6) is 0 Å². The lowest BCUT2D eigenvalue weighted by molar-refractivity contribution is -0.140. The lowest BCUT2D eigenvalue weighted by Crippen LogP contribution is -2.54. The Morgan fingerprint density at radius 3 is 2.39 bits per heavy atom. The van der Waals surface area contributed by atoms with E-state index in [2.05, 4.69) is 5.32 Å². The molecule has 1 aliphatic rings. The van der Waals surface area contributed by atoms with Gasteiger partial charge >= 0.3 is 0 Å². The van der Waals surface area contributed by atoms with Crippen molar-refractivity contribution in [3.05, 3.63) is 112 Å². The lowest BCUT2D eigenvalue weighted by atomic mass is 10.0. The van der Waals surface area contributed by atoms with Gasteiger partial charge in [-0.1, -0.05) is 90.8 Å². The second kappa shape index (κ2) is 12.3. The summed E-state index contributed by atoms with van der Waals surface area (Å²) in [7, 11) is 0. The van der Waals surface area contributed by atoms with Crippen molar-refractivity contribution in [1.82, 2.24) is 10.2 Å². The molecule has 2 atom stereocenters. The van der Waals surface area contributed by atoms with Crippen molar-refractivity contribution in [1.29, 1.82) is 0 Å². The first kappa shape index (κ1) is 28.7. The Morgan fingerprint density at radius 2 is 1.68 bits per heavy atom. The second-order valence-corrected chi connectivity index (χ2v) is 11.2. The molecule has 0 spiro atoms. The summed E-state index contributed by atoms with van der Waals surface area (Å²) in [5.41, 5.74) is 2.81. The minimum absolute atomic E-state index is 0.0689. The third-order valence-electron chi connectivity index (χ3n) is 7.57. The number of anilines is 1. The van der Waals surface area contributed by atoms with Gasteiger partial charge in [0.15, 0.2) is 0 Å². The molecule has 0 fully saturated rings. The summed E-state index contributed by atoms with van der Waals surface area (Å²) in [5.74, 6) is -0.868. The number of hydrogen-bond acceptors (Lipinski definition) is 3. The molecule has 0 unspecified atom stereocenters. The van der Waals surface area contributed by atoms with Crippen LogP contribution in [0.3, 0.4) is 0 Å². The van der Waals surface area contributed by atoms with E-state index in [1.807, 2.05) is 74.5 Å². The summed E-state index contributed by atoms with van der Waals surface area (Å²) in [6.45, 7) is 3.77. The van der Waals surface area contributed by atoms with E-state index in [0.717, 1.165) is 22.8 Å². The third kappa shape index (κ3) is 6.09. The van der Waals surface area contributed by atoms with Crippen LogP contribution < -0.4 is 10.2 Å². The molecule has 0 saturated heterocycles. The fraction of sp³-hybridized carbons (Fsp3) is 0.242. The molecule has 0 aliphatic carbocycles. The predicted octanol–water partition coefficient (Wildman–Crippen LogP) is 6.66. The van der Waals surface area contributed by atoms with Gasteiger partial charge in [-0.3, -0.25) is 19.3 Å². The van der Waals surface area contributed by atoms with E-state index in [-0.39, 0.29) is 36.9 Å². The molecule has 6 nitrogen and oxygen atoms in total. The third-order valence-corrected chi connectivity index (χ3v) is 8.16. The van der Waals surface area contributed by atoms with Crippen LogP contribution >= 0.6 is 23.2 Å². The summed E-state index contributed by atoms with van der Waals surface area (Å²) >= 11 is 12.7. The largest absolute Gasteiger partial charge is 0.352 e. The van der Waals surface area contributed by atoms with E-state index >= 15 is 0 Å². The molecule has 3 amide bonds. The lowest BCUT2D eigenvalue weighted by Gasteiger charge is -2.33. The van der Waals surface area contributed by atoms with Crippen LogP contribution in [0.15, 0.2) is 84.9 Å². The minimum atomic E-state index is -0.846. The van der Waals surface area contributed by atoms with Gasteiger partial charge in [0, 0.05) is 40.0 Å². The number of nitrogens with one attached hydrogen (secondary N) is 1. The van der Waals surface area contributed by atoms with Gasteiger partial charge in [-0.05, 0) is 54.1 Å². The predicted molar refractivity (Wildman–Crippen MR) is 164 cm³/mol. The van der Waals surface area contributed by atoms with E-state index in [1.54, 1.807) is 24.3 Å². The summed E-state index contributed by atoms with van der Waals surface area (Å²) in [6.07, 6.45) is 1.04. The number of carbonyl (C=O) groups is 3. The molecule has 41 heavy (non-hydrogen) atoms. The van der Waals surface area contributed by atoms with Gasteiger partial charge in [-0.25, -0.2) is 0 Å². The van der Waals surface area contributed by atoms with E-state index in [0.29, 0.717) is 33.3 Å². The molecule has 1 aliphatic heterocycles. The Kier molecular flexibility index (Phi) is 8.62. The molecule has 0 aromatic heterocycles. The number of nitrogens with zero attached hydrogens (tertiary/aromatic N) is 2. The van der Waals surface area contributed by atoms with Gasteiger partial charge in [-0.15, -0.1) is 0 Å². The molecule has 5 rings (SSSR count). The Balaban J connectivity index is 1.53. The van der Waals surface area contributed by atoms with Gasteiger partial charge in [0.2, 0.25) is 11.8 Å². The van der Waals surface area contributed by atoms with Crippen LogP contribution in [-0.4, -0.2) is 41.2 Å². The zero-order valence-corrected chi connectivity index (χ0v) is 24.5. The monoisotopic (exact) mass is 587 g/mol. The van der Waals surface area contributed by atoms with Crippen molar-refractivity contribution in [3.63, 3.8) is 0 Å². The molecule has 1 N–H and O–H groups in total. The first-order chi connectivity index (χ1) is 19.8. The number of carbonyl (C=O) groups excluding carboxylic acids is 3. The van der Waals surface area contributed by atoms with Gasteiger partial charge < -0.3 is 10.2 Å². The van der Waals surface area contributed by atoms with E-state index < -0.39 is 6.04 Å². The number of hydrogen-bond donors (Lipinski definition) is 1. The highest BCUT2D eigenvalue weighted by Crippen LogP contribution is 2.37. The van der Waals surface area contributed by atoms with Gasteiger partial charge in [-0.2, -0.15) is 0 Å². The van der Waals surface area contributed by atoms with Crippen molar-refractivity contribution in [2.45, 2.75) is 45.3 Å². The number of halogens is 2. The second-order valence-electron chi connectivity index (χ2n) is 10.4. The van der Waals surface area contributed by atoms with Crippen molar-refractivity contribution in [2.24, 2.45) is 0 Å². The van der Waals surface area contributed by atoms with Crippen molar-refractivity contribution in [3.8, 4) is 0 Å². The number of amides is 3. The normalized spacial score (nSPS) is 13.8. The first-order valence-electron chi connectivity index (χ1n) is 13.7. The highest BCUT2D eigenvalue weighted by atomic mass is 35.5. The van der Waals surface area contributed by atoms with Gasteiger partial charge in [0.25, 0.3) is 5.91 Å². The quantitative estimate of drug-likeness (QED) is 0.225. The first-order valence-corrected chi connectivity index (χ1v) is 14.4. The standard InChI is InChI=1S/C33H31Cl2N3O3/c1-3-21(2)36-32(40)29(17-22-9-5-4-6-10-22)37(19-24-15-16-25(34)18-27(24)35)30(39)20-38-28-14-8-12-23-11-7-13-26(31(23)28)33(38)41/h4-16,18,21,29H,3,17,19-20H2,1-2H3,(H,36,40)/t21-,29+/m1/s1. The molecule has 210 valence electrons. The maximum Gasteiger partial charge on any atom is 0.259 e. The summed E-state index contributed by atoms with van der Waals surface area (Å²) in [4.78, 5) is 44.6. The Labute approximate surface area is 249 Å². The van der Waals surface area contributed by atoms with Crippen LogP contribution in [0.1, 0.15) is 41.8 Å². The zero-order valence-electron chi connectivity index (χ0n) is 22.9. The van der Waals surface area contributed by atoms with Gasteiger partial charge in [0.05, 0.1) is 5.69 Å². The molecule has 8 heteroatoms. The van der Waals surface area contributed by atoms with Crippen LogP contribution in [0.2, 0.25) is 10.0 Å². The van der Waals surface area contributed by atoms with Crippen molar-refractivity contribution in [2.75, 3.05) is 11.4 Å². The molecule has 0 bridgehead atoms. The zero-order chi connectivity index (χ0) is 29.1. The number of benzene rings is 4. The number of rotatable bonds is 10. The van der Waals surface area contributed by atoms with Crippen molar-refractivity contribution >= 4 is 57.4 Å². The molecule has 0 saturated carbocycles. The molecular weight excluding hydrogens is 557 g/mol. The van der Waals surface area contributed by atoms with Crippen LogP contribution in [0.25, 0.3) is 10.8 Å².